The van der Waals surface area contributed by atoms with Crippen LogP contribution >= 0.6 is 28.3 Å². The first kappa shape index (κ1) is 76.5. The van der Waals surface area contributed by atoms with Crippen LogP contribution in [0.2, 0.25) is 0 Å². The highest BCUT2D eigenvalue weighted by atomic mass is 79.9. The van der Waals surface area contributed by atoms with Gasteiger partial charge in [0.1, 0.15) is 44.6 Å². The van der Waals surface area contributed by atoms with Crippen molar-refractivity contribution in [2.45, 2.75) is 48.5 Å². The van der Waals surface area contributed by atoms with E-state index in [4.69, 9.17) is 33.2 Å². The summed E-state index contributed by atoms with van der Waals surface area (Å²) >= 11 is 3.32. The fourth-order valence-corrected chi connectivity index (χ4v) is 6.30. The first-order valence-corrected chi connectivity index (χ1v) is 26.3. The summed E-state index contributed by atoms with van der Waals surface area (Å²) in [5, 5.41) is 11.1. The predicted molar refractivity (Wildman–Crippen MR) is 313 cm³/mol. The molecule has 0 radical (unpaired) electrons. The third-order valence-corrected chi connectivity index (χ3v) is 10.1. The van der Waals surface area contributed by atoms with Crippen LogP contribution in [0.4, 0.5) is 0 Å². The van der Waals surface area contributed by atoms with Crippen LogP contribution in [0, 0.1) is 5.21 Å². The van der Waals surface area contributed by atoms with Gasteiger partial charge < -0.3 is 76.8 Å². The van der Waals surface area contributed by atoms with Gasteiger partial charge in [0.15, 0.2) is 28.7 Å². The van der Waals surface area contributed by atoms with E-state index < -0.39 is 41.4 Å². The topological polar surface area (TPSA) is 354 Å². The molecule has 0 aliphatic carbocycles. The number of carbonyl (C=O) groups is 6. The number of halogens is 2. The molecule has 0 aliphatic rings. The van der Waals surface area contributed by atoms with E-state index in [0.29, 0.717) is 96.0 Å². The average Bonchev–Trinajstić information content (AvgIpc) is 2.65. The monoisotopic (exact) mass is 1290 g/mol. The molecule has 30 heteroatoms. The van der Waals surface area contributed by atoms with Gasteiger partial charge in [-0.3, -0.25) is 9.59 Å². The Bertz CT molecular complexity index is 3150. The molecule has 0 atom stereocenters. The fourth-order valence-electron chi connectivity index (χ4n) is 5.87. The van der Waals surface area contributed by atoms with Gasteiger partial charge in [0.2, 0.25) is 11.8 Å². The zero-order valence-corrected chi connectivity index (χ0v) is 52.0. The molecule has 0 aliphatic heterocycles. The van der Waals surface area contributed by atoms with Crippen molar-refractivity contribution in [1.82, 2.24) is 24.9 Å². The minimum absolute atomic E-state index is 0. The van der Waals surface area contributed by atoms with Crippen molar-refractivity contribution in [2.75, 3.05) is 88.9 Å². The smallest absolute Gasteiger partial charge is 0.404 e. The zero-order chi connectivity index (χ0) is 63.9. The Morgan fingerprint density at radius 2 is 0.977 bits per heavy atom. The first-order chi connectivity index (χ1) is 40.7. The fraction of sp³-hybridized carbons (Fsp3) is 0.357. The van der Waals surface area contributed by atoms with Crippen molar-refractivity contribution >= 4 is 64.2 Å². The molecular weight excluding hydrogens is 1220 g/mol. The minimum Gasteiger partial charge on any atom is -0.618 e. The molecule has 2 N–H and O–H groups in total. The highest BCUT2D eigenvalue weighted by molar-refractivity contribution is 9.10. The predicted octanol–water partition coefficient (Wildman–Crippen LogP) is 7.01. The van der Waals surface area contributed by atoms with Gasteiger partial charge in [-0.2, -0.15) is 4.73 Å². The average molecular weight is 1290 g/mol. The summed E-state index contributed by atoms with van der Waals surface area (Å²) in [6.07, 6.45) is 4.11. The number of hydrogen-bond acceptors (Lipinski definition) is 25. The van der Waals surface area contributed by atoms with Crippen molar-refractivity contribution in [1.29, 1.82) is 0 Å². The standard InChI is InChI=1S/C11H14BrNO4.C11H15NO4.2C9H11NO4.C9H11NO3.C7H7NO3.ClH/c1-4-16-8-6-7(11(14)15-3)13-10(9(8)12)17-5-2;1-4-15-8-6-9(11(13)14-3)12-10(7-8)16-5-2;1-3-14-6-4-7(9(12)13-2)10-8(11)5-6;1-3-14-7-4-5-10(12)8(6-7)9(11)13-2;1-3-13-7-4-5-10-8(6-7)9(11)12-2;1-11-7(10)6-4-5(9)2-3-8-6;/h6H,4-5H2,1-3H3;6-7H,4-5H2,1-3H3;4-5H,3H2,1-2H3,(H,10,11);4-6H,3H2,1-2H3;4-6H,3H2,1-2H3;2-4H,1H3,(H,8,9);1H. The molecule has 0 saturated carbocycles. The number of esters is 6. The van der Waals surface area contributed by atoms with Crippen LogP contribution in [0.15, 0.2) is 99.4 Å². The number of aromatic amines is 2. The Balaban J connectivity index is 0.00000101. The molecule has 28 nitrogen and oxygen atoms in total. The van der Waals surface area contributed by atoms with E-state index in [1.165, 1.54) is 110 Å². The Labute approximate surface area is 509 Å². The van der Waals surface area contributed by atoms with Crippen molar-refractivity contribution in [2.24, 2.45) is 0 Å². The normalized spacial score (nSPS) is 9.47. The van der Waals surface area contributed by atoms with Gasteiger partial charge in [-0.1, -0.05) is 0 Å². The molecule has 0 saturated heterocycles. The van der Waals surface area contributed by atoms with E-state index in [2.05, 4.69) is 69.3 Å². The van der Waals surface area contributed by atoms with Gasteiger partial charge in [0.05, 0.1) is 95.0 Å². The van der Waals surface area contributed by atoms with Crippen LogP contribution in [0.3, 0.4) is 0 Å². The number of carbonyl (C=O) groups excluding carboxylic acids is 6. The lowest BCUT2D eigenvalue weighted by molar-refractivity contribution is -0.608. The molecule has 6 heterocycles. The summed E-state index contributed by atoms with van der Waals surface area (Å²) < 4.78 is 64.7. The summed E-state index contributed by atoms with van der Waals surface area (Å²) in [4.78, 5) is 105. The molecule has 0 bridgehead atoms. The van der Waals surface area contributed by atoms with Crippen LogP contribution in [-0.4, -0.2) is 150 Å². The Kier molecular flexibility index (Phi) is 38.4. The Morgan fingerprint density at radius 3 is 1.50 bits per heavy atom. The van der Waals surface area contributed by atoms with Crippen LogP contribution in [-0.2, 0) is 28.4 Å². The molecule has 6 aromatic heterocycles. The molecule has 0 unspecified atom stereocenters. The molecule has 470 valence electrons. The van der Waals surface area contributed by atoms with E-state index >= 15 is 0 Å². The van der Waals surface area contributed by atoms with Gasteiger partial charge in [-0.05, 0) is 70.5 Å². The van der Waals surface area contributed by atoms with Gasteiger partial charge in [-0.15, -0.1) is 12.4 Å². The number of H-pyrrole nitrogens is 2. The number of nitrogens with zero attached hydrogens (tertiary/aromatic N) is 4. The van der Waals surface area contributed by atoms with Gasteiger partial charge >= 0.3 is 41.5 Å². The summed E-state index contributed by atoms with van der Waals surface area (Å²) in [6, 6.07) is 16.0. The lowest BCUT2D eigenvalue weighted by Crippen LogP contribution is -2.34. The van der Waals surface area contributed by atoms with E-state index in [9.17, 15) is 43.6 Å². The van der Waals surface area contributed by atoms with Gasteiger partial charge in [-0.25, -0.2) is 43.7 Å². The molecule has 6 aromatic rings. The number of ether oxygens (including phenoxy) is 13. The second kappa shape index (κ2) is 43.2. The molecule has 0 spiro atoms. The minimum atomic E-state index is -0.679. The molecule has 0 fully saturated rings. The molecule has 0 amide bonds. The number of pyridine rings is 6. The summed E-state index contributed by atoms with van der Waals surface area (Å²) in [6.45, 7) is 16.2. The van der Waals surface area contributed by atoms with Gasteiger partial charge in [0, 0.05) is 67.0 Å². The van der Waals surface area contributed by atoms with Crippen LogP contribution in [0.1, 0.15) is 111 Å². The lowest BCUT2D eigenvalue weighted by Gasteiger charge is -2.11. The number of hydrogen-bond donors (Lipinski definition) is 2. The van der Waals surface area contributed by atoms with Crippen molar-refractivity contribution in [3.05, 3.63) is 150 Å². The number of methoxy groups -OCH3 is 6. The van der Waals surface area contributed by atoms with Crippen molar-refractivity contribution < 1.29 is 95.1 Å². The third-order valence-electron chi connectivity index (χ3n) is 9.39. The number of aromatic nitrogens is 6. The Hall–Kier alpha value is -9.51. The molecular formula is C56H70BrClN6O22. The molecule has 0 aromatic carbocycles. The highest BCUT2D eigenvalue weighted by Crippen LogP contribution is 2.34. The van der Waals surface area contributed by atoms with E-state index in [0.717, 1.165) is 0 Å². The van der Waals surface area contributed by atoms with E-state index in [1.807, 2.05) is 41.5 Å². The molecule has 6 rings (SSSR count). The summed E-state index contributed by atoms with van der Waals surface area (Å²) in [5.41, 5.74) is 0.148. The third kappa shape index (κ3) is 27.7. The second-order valence-electron chi connectivity index (χ2n) is 15.1. The van der Waals surface area contributed by atoms with Crippen molar-refractivity contribution in [3.63, 3.8) is 0 Å². The lowest BCUT2D eigenvalue weighted by atomic mass is 10.3. The largest absolute Gasteiger partial charge is 0.618 e. The highest BCUT2D eigenvalue weighted by Gasteiger charge is 2.19. The zero-order valence-electron chi connectivity index (χ0n) is 49.6. The Morgan fingerprint density at radius 1 is 0.500 bits per heavy atom. The number of rotatable bonds is 20. The van der Waals surface area contributed by atoms with Crippen LogP contribution in [0.25, 0.3) is 0 Å². The maximum absolute atomic E-state index is 11.4. The summed E-state index contributed by atoms with van der Waals surface area (Å²) in [7, 11) is 7.64. The van der Waals surface area contributed by atoms with Crippen LogP contribution in [0.5, 0.6) is 40.5 Å². The molecule has 86 heavy (non-hydrogen) atoms. The van der Waals surface area contributed by atoms with E-state index in [1.54, 1.807) is 25.1 Å². The van der Waals surface area contributed by atoms with Crippen molar-refractivity contribution in [3.8, 4) is 40.5 Å². The maximum Gasteiger partial charge on any atom is 0.404 e. The van der Waals surface area contributed by atoms with Gasteiger partial charge in [0.25, 0.3) is 5.56 Å². The van der Waals surface area contributed by atoms with Crippen LogP contribution < -0.4 is 48.9 Å². The van der Waals surface area contributed by atoms with E-state index in [-0.39, 0.29) is 52.0 Å². The summed E-state index contributed by atoms with van der Waals surface area (Å²) in [5.74, 6) is -0.133. The quantitative estimate of drug-likeness (QED) is 0.0336. The first-order valence-electron chi connectivity index (χ1n) is 25.5. The maximum atomic E-state index is 11.4. The second-order valence-corrected chi connectivity index (χ2v) is 15.9. The number of nitrogens with one attached hydrogen (secondary N) is 2. The SMILES string of the molecule is CCOc1cc(C(=O)OC)[nH]c(=O)c1.CCOc1cc(C(=O)OC)nc(OCC)c1Br.CCOc1cc(OCC)nc(C(=O)OC)c1.CCOc1cc[n+]([O-])c(C(=O)OC)c1.CCOc1ccnc(C(=O)OC)c1.COC(=O)c1cc(=O)cc[nH]1.Cl.